The van der Waals surface area contributed by atoms with Crippen molar-refractivity contribution in [3.05, 3.63) is 58.2 Å². The van der Waals surface area contributed by atoms with Gasteiger partial charge < -0.3 is 28.8 Å². The number of hydrogen-bond acceptors (Lipinski definition) is 7. The largest absolute Gasteiger partial charge is 0.496 e. The molecular formula is C23H30O7. The van der Waals surface area contributed by atoms with Crippen molar-refractivity contribution in [2.75, 3.05) is 7.11 Å². The lowest BCUT2D eigenvalue weighted by atomic mass is 9.82. The van der Waals surface area contributed by atoms with Crippen LogP contribution in [0.2, 0.25) is 0 Å². The van der Waals surface area contributed by atoms with Gasteiger partial charge in [-0.3, -0.25) is 0 Å². The molecule has 3 heterocycles. The van der Waals surface area contributed by atoms with E-state index < -0.39 is 34.6 Å². The molecule has 2 fully saturated rings. The van der Waals surface area contributed by atoms with E-state index in [0.29, 0.717) is 11.5 Å². The lowest BCUT2D eigenvalue weighted by Gasteiger charge is -2.42. The summed E-state index contributed by atoms with van der Waals surface area (Å²) < 4.78 is 22.3. The monoisotopic (exact) mass is 418 g/mol. The molecule has 164 valence electrons. The third kappa shape index (κ3) is 3.67. The third-order valence-corrected chi connectivity index (χ3v) is 6.18. The summed E-state index contributed by atoms with van der Waals surface area (Å²) in [7, 11) is 1.50. The van der Waals surface area contributed by atoms with E-state index in [1.54, 1.807) is 64.2 Å². The van der Waals surface area contributed by atoms with Crippen molar-refractivity contribution in [1.82, 2.24) is 0 Å². The number of allylic oxidation sites excluding steroid dienone is 4. The molecule has 0 spiro atoms. The maximum absolute atomic E-state index is 11.6. The molecule has 0 aromatic carbocycles. The Bertz CT molecular complexity index is 941. The number of ether oxygens (including phenoxy) is 3. The molecule has 2 aliphatic heterocycles. The first-order valence-corrected chi connectivity index (χ1v) is 9.93. The van der Waals surface area contributed by atoms with Crippen LogP contribution < -0.4 is 10.4 Å². The smallest absolute Gasteiger partial charge is 0.339 e. The van der Waals surface area contributed by atoms with Crippen LogP contribution >= 0.6 is 0 Å². The molecule has 3 rings (SSSR count). The Labute approximate surface area is 176 Å². The van der Waals surface area contributed by atoms with Gasteiger partial charge >= 0.3 is 5.63 Å². The highest BCUT2D eigenvalue weighted by atomic mass is 16.7. The zero-order valence-corrected chi connectivity index (χ0v) is 18.2. The molecular weight excluding hydrogens is 388 g/mol. The lowest BCUT2D eigenvalue weighted by Crippen LogP contribution is -2.56. The molecule has 6 atom stereocenters. The van der Waals surface area contributed by atoms with Crippen LogP contribution in [0.25, 0.3) is 6.08 Å². The summed E-state index contributed by atoms with van der Waals surface area (Å²) in [5, 5.41) is 21.6. The van der Waals surface area contributed by atoms with Gasteiger partial charge in [-0.15, -0.1) is 0 Å². The van der Waals surface area contributed by atoms with Gasteiger partial charge in [-0.2, -0.15) is 0 Å². The van der Waals surface area contributed by atoms with Gasteiger partial charge in [0.25, 0.3) is 0 Å². The van der Waals surface area contributed by atoms with Crippen molar-refractivity contribution in [2.24, 2.45) is 0 Å². The minimum Gasteiger partial charge on any atom is -0.496 e. The molecule has 2 bridgehead atoms. The van der Waals surface area contributed by atoms with E-state index in [9.17, 15) is 15.0 Å². The number of aliphatic hydroxyl groups excluding tert-OH is 1. The van der Waals surface area contributed by atoms with Gasteiger partial charge in [0.05, 0.1) is 19.3 Å². The summed E-state index contributed by atoms with van der Waals surface area (Å²) in [4.78, 5) is 11.6. The molecule has 30 heavy (non-hydrogen) atoms. The second-order valence-electron chi connectivity index (χ2n) is 8.48. The minimum atomic E-state index is -1.35. The second kappa shape index (κ2) is 7.81. The van der Waals surface area contributed by atoms with Crippen LogP contribution in [0, 0.1) is 6.92 Å². The van der Waals surface area contributed by atoms with Crippen LogP contribution in [0.3, 0.4) is 0 Å². The molecule has 0 aliphatic carbocycles. The number of fused-ring (bicyclic) bond motifs is 2. The predicted molar refractivity (Wildman–Crippen MR) is 112 cm³/mol. The summed E-state index contributed by atoms with van der Waals surface area (Å²) in [6.07, 6.45) is 8.34. The van der Waals surface area contributed by atoms with Crippen molar-refractivity contribution in [3.63, 3.8) is 0 Å². The van der Waals surface area contributed by atoms with Gasteiger partial charge in [-0.05, 0) is 40.7 Å². The van der Waals surface area contributed by atoms with Gasteiger partial charge in [0.1, 0.15) is 40.5 Å². The van der Waals surface area contributed by atoms with E-state index in [1.165, 1.54) is 13.2 Å². The summed E-state index contributed by atoms with van der Waals surface area (Å²) >= 11 is 0. The maximum Gasteiger partial charge on any atom is 0.339 e. The Hall–Kier alpha value is -2.19. The molecule has 1 aromatic rings. The molecule has 1 aromatic heterocycles. The molecule has 0 radical (unpaired) electrons. The summed E-state index contributed by atoms with van der Waals surface area (Å²) in [6.45, 7) is 8.85. The zero-order valence-electron chi connectivity index (χ0n) is 18.2. The molecule has 2 N–H and O–H groups in total. The molecule has 7 nitrogen and oxygen atoms in total. The third-order valence-electron chi connectivity index (χ3n) is 6.18. The Morgan fingerprint density at radius 1 is 1.17 bits per heavy atom. The molecule has 2 aliphatic rings. The van der Waals surface area contributed by atoms with E-state index >= 15 is 0 Å². The fourth-order valence-electron chi connectivity index (χ4n) is 4.32. The van der Waals surface area contributed by atoms with Gasteiger partial charge in [0.2, 0.25) is 0 Å². The Kier molecular flexibility index (Phi) is 5.86. The van der Waals surface area contributed by atoms with Crippen molar-refractivity contribution in [1.29, 1.82) is 0 Å². The van der Waals surface area contributed by atoms with E-state index in [0.717, 1.165) is 5.56 Å². The first-order chi connectivity index (χ1) is 14.0. The van der Waals surface area contributed by atoms with E-state index in [1.807, 2.05) is 6.92 Å². The Morgan fingerprint density at radius 3 is 2.40 bits per heavy atom. The fourth-order valence-corrected chi connectivity index (χ4v) is 4.32. The quantitative estimate of drug-likeness (QED) is 0.685. The number of rotatable bonds is 6. The van der Waals surface area contributed by atoms with Crippen LogP contribution in [0.1, 0.15) is 39.0 Å². The highest BCUT2D eigenvalue weighted by Crippen LogP contribution is 2.53. The number of methoxy groups -OCH3 is 1. The first-order valence-electron chi connectivity index (χ1n) is 9.93. The zero-order chi connectivity index (χ0) is 22.3. The average molecular weight is 418 g/mol. The van der Waals surface area contributed by atoms with Crippen LogP contribution in [-0.4, -0.2) is 52.4 Å². The van der Waals surface area contributed by atoms with Crippen LogP contribution in [-0.2, 0) is 9.47 Å². The van der Waals surface area contributed by atoms with Crippen LogP contribution in [0.5, 0.6) is 5.75 Å². The molecule has 0 unspecified atom stereocenters. The van der Waals surface area contributed by atoms with Gasteiger partial charge in [-0.1, -0.05) is 30.4 Å². The van der Waals surface area contributed by atoms with E-state index in [4.69, 9.17) is 18.6 Å². The normalized spacial score (nSPS) is 35.7. The second-order valence-corrected chi connectivity index (χ2v) is 8.48. The average Bonchev–Trinajstić information content (AvgIpc) is 2.98. The minimum absolute atomic E-state index is 0.265. The summed E-state index contributed by atoms with van der Waals surface area (Å²) in [6, 6.07) is 1.30. The summed E-state index contributed by atoms with van der Waals surface area (Å²) in [5.41, 5.74) is -2.95. The Morgan fingerprint density at radius 2 is 1.83 bits per heavy atom. The van der Waals surface area contributed by atoms with E-state index in [-0.39, 0.29) is 6.10 Å². The van der Waals surface area contributed by atoms with E-state index in [2.05, 4.69) is 0 Å². The van der Waals surface area contributed by atoms with Gasteiger partial charge in [0.15, 0.2) is 0 Å². The number of hydrogen-bond donors (Lipinski definition) is 2. The highest BCUT2D eigenvalue weighted by molar-refractivity contribution is 5.52. The topological polar surface area (TPSA) is 98.4 Å². The molecule has 0 saturated carbocycles. The Balaban J connectivity index is 1.69. The van der Waals surface area contributed by atoms with Gasteiger partial charge in [0, 0.05) is 5.56 Å². The van der Waals surface area contributed by atoms with Gasteiger partial charge in [-0.25, -0.2) is 4.79 Å². The van der Waals surface area contributed by atoms with Crippen molar-refractivity contribution >= 4 is 6.08 Å². The van der Waals surface area contributed by atoms with Crippen LogP contribution in [0.4, 0.5) is 0 Å². The molecule has 0 amide bonds. The first kappa shape index (κ1) is 22.5. The van der Waals surface area contributed by atoms with Crippen LogP contribution in [0.15, 0.2) is 45.7 Å². The van der Waals surface area contributed by atoms with Crippen molar-refractivity contribution in [3.8, 4) is 5.75 Å². The molecule has 2 saturated heterocycles. The summed E-state index contributed by atoms with van der Waals surface area (Å²) in [5.74, 6) is 0.884. The van der Waals surface area contributed by atoms with Crippen molar-refractivity contribution in [2.45, 2.75) is 69.7 Å². The number of aliphatic hydroxyl groups is 2. The standard InChI is InChI=1S/C23H30O7/c1-14-16(28-18(24)13-17(14)27-6)11-9-7-8-10-12-21(3,26)20-23(5)19(25)22(4,30-20)15(2)29-23/h7-13,15,19-20,25-26H,1-6H3/b8-7+,11-9+,12-10+/t15-,19-,20+,21+,22+,23-/m1/s1. The lowest BCUT2D eigenvalue weighted by molar-refractivity contribution is -0.240. The fraction of sp³-hybridized carbons (Fsp3) is 0.522. The SMILES string of the molecule is COc1cc(=O)oc(/C=C/C=C/C=C/[C@](C)(O)[C@@H]2O[C@]3(C)[C@@H](O)[C@@]2(C)O[C@@H]3C)c1C. The molecule has 7 heteroatoms. The highest BCUT2D eigenvalue weighted by Gasteiger charge is 2.71. The maximum atomic E-state index is 11.6. The van der Waals surface area contributed by atoms with Crippen molar-refractivity contribution < 1.29 is 28.8 Å². The predicted octanol–water partition coefficient (Wildman–Crippen LogP) is 2.53.